The first-order valence-corrected chi connectivity index (χ1v) is 13.0. The topological polar surface area (TPSA) is 0 Å². The molecule has 0 spiro atoms. The molecule has 0 heteroatoms. The van der Waals surface area contributed by atoms with Gasteiger partial charge in [0.1, 0.15) is 0 Å². The van der Waals surface area contributed by atoms with E-state index in [0.29, 0.717) is 0 Å². The fourth-order valence-corrected chi connectivity index (χ4v) is 6.86. The van der Waals surface area contributed by atoms with E-state index in [1.54, 1.807) is 44.6 Å². The second-order valence-electron chi connectivity index (χ2n) is 10.2. The Balaban J connectivity index is 1.19. The molecule has 0 atom stereocenters. The highest BCUT2D eigenvalue weighted by molar-refractivity contribution is 5.95. The quantitative estimate of drug-likeness (QED) is 0.381. The molecule has 0 unspecified atom stereocenters. The van der Waals surface area contributed by atoms with Crippen LogP contribution in [0.5, 0.6) is 0 Å². The van der Waals surface area contributed by atoms with E-state index in [2.05, 4.69) is 84.9 Å². The zero-order valence-electron chi connectivity index (χ0n) is 19.7. The van der Waals surface area contributed by atoms with E-state index in [1.165, 1.54) is 60.8 Å². The first-order chi connectivity index (χ1) is 16.9. The average Bonchev–Trinajstić information content (AvgIpc) is 3.67. The van der Waals surface area contributed by atoms with Crippen LogP contribution in [0.2, 0.25) is 0 Å². The molecule has 34 heavy (non-hydrogen) atoms. The summed E-state index contributed by atoms with van der Waals surface area (Å²) in [4.78, 5) is 0. The van der Waals surface area contributed by atoms with Crippen LogP contribution in [-0.4, -0.2) is 0 Å². The summed E-state index contributed by atoms with van der Waals surface area (Å²) in [7, 11) is 0. The van der Waals surface area contributed by atoms with Crippen LogP contribution < -0.4 is 0 Å². The Kier molecular flexibility index (Phi) is 4.79. The van der Waals surface area contributed by atoms with E-state index < -0.39 is 0 Å². The fraction of sp³-hybridized carbons (Fsp3) is 0.235. The minimum atomic E-state index is 1.09. The van der Waals surface area contributed by atoms with Gasteiger partial charge in [-0.05, 0) is 118 Å². The maximum Gasteiger partial charge on any atom is -0.000822 e. The molecule has 7 rings (SSSR count). The Morgan fingerprint density at radius 1 is 0.294 bits per heavy atom. The molecular weight excluding hydrogens is 408 g/mol. The minimum Gasteiger partial charge on any atom is -0.0622 e. The average molecular weight is 439 g/mol. The third kappa shape index (κ3) is 3.20. The Morgan fingerprint density at radius 2 is 0.588 bits per heavy atom. The van der Waals surface area contributed by atoms with E-state index in [4.69, 9.17) is 0 Å². The first-order valence-electron chi connectivity index (χ1n) is 13.0. The maximum absolute atomic E-state index is 2.41. The number of rotatable bonds is 4. The molecule has 2 fully saturated rings. The van der Waals surface area contributed by atoms with E-state index in [0.717, 1.165) is 12.8 Å². The van der Waals surface area contributed by atoms with Crippen molar-refractivity contribution >= 4 is 22.3 Å². The van der Waals surface area contributed by atoms with Crippen molar-refractivity contribution in [2.24, 2.45) is 0 Å². The normalized spacial score (nSPS) is 19.5. The second kappa shape index (κ2) is 8.13. The summed E-state index contributed by atoms with van der Waals surface area (Å²) in [5, 5.41) is 0. The van der Waals surface area contributed by atoms with Gasteiger partial charge >= 0.3 is 0 Å². The van der Waals surface area contributed by atoms with Gasteiger partial charge in [-0.15, -0.1) is 0 Å². The fourth-order valence-electron chi connectivity index (χ4n) is 6.86. The monoisotopic (exact) mass is 438 g/mol. The van der Waals surface area contributed by atoms with Gasteiger partial charge in [0.25, 0.3) is 0 Å². The van der Waals surface area contributed by atoms with Crippen molar-refractivity contribution in [3.05, 3.63) is 129 Å². The Bertz CT molecular complexity index is 1280. The van der Waals surface area contributed by atoms with Crippen LogP contribution in [0.1, 0.15) is 73.6 Å². The molecule has 3 aromatic rings. The highest BCUT2D eigenvalue weighted by Gasteiger charge is 2.31. The summed E-state index contributed by atoms with van der Waals surface area (Å²) in [6.45, 7) is 0. The number of fused-ring (bicyclic) bond motifs is 2. The molecule has 4 aliphatic rings. The molecule has 0 aliphatic heterocycles. The van der Waals surface area contributed by atoms with Gasteiger partial charge in [-0.3, -0.25) is 0 Å². The molecule has 3 aromatic carbocycles. The van der Waals surface area contributed by atoms with Crippen LogP contribution in [0.4, 0.5) is 0 Å². The number of hydrogen-bond donors (Lipinski definition) is 0. The smallest absolute Gasteiger partial charge is 0.000822 e. The van der Waals surface area contributed by atoms with E-state index in [-0.39, 0.29) is 0 Å². The molecule has 0 aromatic heterocycles. The molecule has 0 bridgehead atoms. The lowest BCUT2D eigenvalue weighted by Crippen LogP contribution is -1.90. The Hall–Kier alpha value is -3.38. The number of benzene rings is 3. The van der Waals surface area contributed by atoms with Gasteiger partial charge in [0.05, 0.1) is 0 Å². The van der Waals surface area contributed by atoms with Crippen molar-refractivity contribution in [1.82, 2.24) is 0 Å². The van der Waals surface area contributed by atoms with Crippen molar-refractivity contribution in [1.29, 1.82) is 0 Å². The van der Waals surface area contributed by atoms with Crippen LogP contribution in [0.25, 0.3) is 22.3 Å². The summed E-state index contributed by atoms with van der Waals surface area (Å²) in [5.74, 6) is 0. The lowest BCUT2D eigenvalue weighted by atomic mass is 9.93. The van der Waals surface area contributed by atoms with Crippen molar-refractivity contribution in [3.8, 4) is 0 Å². The number of hydrogen-bond acceptors (Lipinski definition) is 0. The van der Waals surface area contributed by atoms with Crippen LogP contribution in [0.15, 0.2) is 107 Å². The van der Waals surface area contributed by atoms with Crippen molar-refractivity contribution in [2.45, 2.75) is 51.4 Å². The summed E-state index contributed by atoms with van der Waals surface area (Å²) >= 11 is 0. The van der Waals surface area contributed by atoms with Gasteiger partial charge < -0.3 is 0 Å². The molecule has 0 N–H and O–H groups in total. The second-order valence-corrected chi connectivity index (χ2v) is 10.2. The predicted octanol–water partition coefficient (Wildman–Crippen LogP) is 9.28. The van der Waals surface area contributed by atoms with Crippen molar-refractivity contribution in [2.75, 3.05) is 0 Å². The maximum atomic E-state index is 2.41. The summed E-state index contributed by atoms with van der Waals surface area (Å²) in [5.41, 5.74) is 18.5. The van der Waals surface area contributed by atoms with Gasteiger partial charge in [0.15, 0.2) is 0 Å². The zero-order chi connectivity index (χ0) is 22.5. The van der Waals surface area contributed by atoms with Gasteiger partial charge in [-0.25, -0.2) is 0 Å². The molecule has 4 aliphatic carbocycles. The largest absolute Gasteiger partial charge is 0.0622 e. The van der Waals surface area contributed by atoms with Crippen molar-refractivity contribution < 1.29 is 0 Å². The SMILES string of the molecule is c1ccc(C2=C3CCCC3=C(c3ccc(C4=C5CCCC5=C(c5ccccc5)C4)cc3)C2)cc1. The molecule has 0 radical (unpaired) electrons. The third-order valence-corrected chi connectivity index (χ3v) is 8.43. The van der Waals surface area contributed by atoms with E-state index >= 15 is 0 Å². The first kappa shape index (κ1) is 20.0. The molecular formula is C34H30. The van der Waals surface area contributed by atoms with Gasteiger partial charge in [0, 0.05) is 0 Å². The molecule has 0 heterocycles. The Morgan fingerprint density at radius 3 is 0.912 bits per heavy atom. The molecule has 2 saturated carbocycles. The predicted molar refractivity (Wildman–Crippen MR) is 144 cm³/mol. The van der Waals surface area contributed by atoms with Crippen LogP contribution >= 0.6 is 0 Å². The minimum absolute atomic E-state index is 1.09. The summed E-state index contributed by atoms with van der Waals surface area (Å²) in [6, 6.07) is 31.7. The lowest BCUT2D eigenvalue weighted by molar-refractivity contribution is 0.928. The molecule has 0 nitrogen and oxygen atoms in total. The van der Waals surface area contributed by atoms with Gasteiger partial charge in [-0.2, -0.15) is 0 Å². The Labute approximate surface area is 203 Å². The standard InChI is InChI=1S/C34H30/c1-3-9-23(10-4-1)31-21-33(29-15-7-13-27(29)31)25-17-19-26(20-18-25)34-22-32(24-11-5-2-6-12-24)28-14-8-16-30(28)34/h1-6,9-12,17-20H,7-8,13-16,21-22H2. The summed E-state index contributed by atoms with van der Waals surface area (Å²) < 4.78 is 0. The zero-order valence-corrected chi connectivity index (χ0v) is 19.7. The van der Waals surface area contributed by atoms with Gasteiger partial charge in [0.2, 0.25) is 0 Å². The number of allylic oxidation sites excluding steroid dienone is 8. The highest BCUT2D eigenvalue weighted by atomic mass is 14.4. The van der Waals surface area contributed by atoms with Gasteiger partial charge in [-0.1, -0.05) is 84.9 Å². The molecule has 166 valence electrons. The van der Waals surface area contributed by atoms with Crippen LogP contribution in [0, 0.1) is 0 Å². The molecule has 0 saturated heterocycles. The van der Waals surface area contributed by atoms with Crippen LogP contribution in [-0.2, 0) is 0 Å². The summed E-state index contributed by atoms with van der Waals surface area (Å²) in [6.07, 6.45) is 9.75. The van der Waals surface area contributed by atoms with E-state index in [1.807, 2.05) is 0 Å². The van der Waals surface area contributed by atoms with Crippen LogP contribution in [0.3, 0.4) is 0 Å². The lowest BCUT2D eigenvalue weighted by Gasteiger charge is -2.11. The third-order valence-electron chi connectivity index (χ3n) is 8.43. The molecule has 0 amide bonds. The van der Waals surface area contributed by atoms with Crippen molar-refractivity contribution in [3.63, 3.8) is 0 Å². The highest BCUT2D eigenvalue weighted by Crippen LogP contribution is 2.52. The van der Waals surface area contributed by atoms with E-state index in [9.17, 15) is 0 Å².